The predicted molar refractivity (Wildman–Crippen MR) is 89.1 cm³/mol. The lowest BCUT2D eigenvalue weighted by Crippen LogP contribution is -2.35. The third-order valence-corrected chi connectivity index (χ3v) is 6.42. The van der Waals surface area contributed by atoms with E-state index >= 15 is 0 Å². The van der Waals surface area contributed by atoms with Crippen LogP contribution in [0.25, 0.3) is 0 Å². The van der Waals surface area contributed by atoms with Crippen molar-refractivity contribution in [2.75, 3.05) is 43.1 Å². The molecule has 21 heavy (non-hydrogen) atoms. The first-order valence-corrected chi connectivity index (χ1v) is 10.0. The molecular weight excluding hydrogens is 304 g/mol. The topological polar surface area (TPSA) is 54.2 Å². The van der Waals surface area contributed by atoms with Crippen LogP contribution in [0.5, 0.6) is 0 Å². The summed E-state index contributed by atoms with van der Waals surface area (Å²) in [4.78, 5) is 7.07. The molecule has 3 atom stereocenters. The first-order valence-electron chi connectivity index (χ1n) is 7.72. The number of hydrogen-bond acceptors (Lipinski definition) is 7. The largest absolute Gasteiger partial charge is 0.339 e. The van der Waals surface area contributed by atoms with Crippen molar-refractivity contribution in [3.8, 4) is 0 Å². The quantitative estimate of drug-likeness (QED) is 0.887. The molecule has 3 rings (SSSR count). The van der Waals surface area contributed by atoms with E-state index in [0.29, 0.717) is 18.0 Å². The summed E-state index contributed by atoms with van der Waals surface area (Å²) in [6.07, 6.45) is 1.16. The molecule has 0 radical (unpaired) electrons. The van der Waals surface area contributed by atoms with E-state index in [9.17, 15) is 0 Å². The molecule has 0 bridgehead atoms. The molecule has 0 spiro atoms. The molecule has 3 unspecified atom stereocenters. The molecule has 2 saturated heterocycles. The second kappa shape index (κ2) is 7.35. The lowest BCUT2D eigenvalue weighted by molar-refractivity contribution is 0.255. The van der Waals surface area contributed by atoms with Gasteiger partial charge in [0.2, 0.25) is 5.89 Å². The SMILES string of the molecule is CCCNC1CSCC1c1nc(C2CSCCN2C)no1. The normalized spacial score (nSPS) is 30.9. The maximum Gasteiger partial charge on any atom is 0.232 e. The Bertz CT molecular complexity index is 456. The van der Waals surface area contributed by atoms with Crippen LogP contribution in [0.1, 0.15) is 37.0 Å². The Labute approximate surface area is 135 Å². The van der Waals surface area contributed by atoms with Crippen LogP contribution in [-0.4, -0.2) is 64.2 Å². The number of nitrogens with one attached hydrogen (secondary N) is 1. The summed E-state index contributed by atoms with van der Waals surface area (Å²) in [5, 5.41) is 7.89. The average molecular weight is 329 g/mol. The van der Waals surface area contributed by atoms with Crippen molar-refractivity contribution in [3.63, 3.8) is 0 Å². The Morgan fingerprint density at radius 3 is 3.05 bits per heavy atom. The molecule has 2 fully saturated rings. The Balaban J connectivity index is 1.69. The molecule has 1 N–H and O–H groups in total. The van der Waals surface area contributed by atoms with E-state index in [2.05, 4.69) is 29.3 Å². The van der Waals surface area contributed by atoms with Gasteiger partial charge in [-0.15, -0.1) is 0 Å². The summed E-state index contributed by atoms with van der Waals surface area (Å²) in [5.74, 6) is 6.54. The van der Waals surface area contributed by atoms with Gasteiger partial charge in [-0.25, -0.2) is 0 Å². The molecule has 1 aromatic rings. The molecule has 2 aliphatic rings. The third-order valence-electron chi connectivity index (χ3n) is 4.21. The number of thioether (sulfide) groups is 2. The van der Waals surface area contributed by atoms with Crippen LogP contribution in [0.2, 0.25) is 0 Å². The Kier molecular flexibility index (Phi) is 5.48. The number of aromatic nitrogens is 2. The van der Waals surface area contributed by atoms with Crippen molar-refractivity contribution in [2.45, 2.75) is 31.3 Å². The summed E-state index contributed by atoms with van der Waals surface area (Å²) in [6.45, 7) is 4.36. The zero-order valence-electron chi connectivity index (χ0n) is 12.7. The molecular formula is C14H24N4OS2. The van der Waals surface area contributed by atoms with Crippen molar-refractivity contribution in [3.05, 3.63) is 11.7 Å². The highest BCUT2D eigenvalue weighted by molar-refractivity contribution is 7.99. The molecule has 0 saturated carbocycles. The summed E-state index contributed by atoms with van der Waals surface area (Å²) in [7, 11) is 2.15. The lowest BCUT2D eigenvalue weighted by Gasteiger charge is -2.29. The minimum atomic E-state index is 0.303. The smallest absolute Gasteiger partial charge is 0.232 e. The van der Waals surface area contributed by atoms with E-state index < -0.39 is 0 Å². The van der Waals surface area contributed by atoms with Gasteiger partial charge in [-0.3, -0.25) is 4.90 Å². The van der Waals surface area contributed by atoms with Crippen LogP contribution in [0.3, 0.4) is 0 Å². The highest BCUT2D eigenvalue weighted by atomic mass is 32.2. The maximum atomic E-state index is 5.61. The fraction of sp³-hybridized carbons (Fsp3) is 0.857. The van der Waals surface area contributed by atoms with Crippen LogP contribution >= 0.6 is 23.5 Å². The number of hydrogen-bond donors (Lipinski definition) is 1. The van der Waals surface area contributed by atoms with Crippen molar-refractivity contribution < 1.29 is 4.52 Å². The highest BCUT2D eigenvalue weighted by Gasteiger charge is 2.34. The second-order valence-electron chi connectivity index (χ2n) is 5.77. The van der Waals surface area contributed by atoms with Gasteiger partial charge in [-0.05, 0) is 20.0 Å². The molecule has 0 aromatic carbocycles. The van der Waals surface area contributed by atoms with E-state index in [0.717, 1.165) is 48.5 Å². The van der Waals surface area contributed by atoms with Crippen LogP contribution in [0.4, 0.5) is 0 Å². The minimum absolute atomic E-state index is 0.303. The first kappa shape index (κ1) is 15.6. The van der Waals surface area contributed by atoms with E-state index in [1.807, 2.05) is 23.5 Å². The Hall–Kier alpha value is -0.240. The first-order chi connectivity index (χ1) is 10.3. The van der Waals surface area contributed by atoms with E-state index in [1.165, 1.54) is 5.75 Å². The van der Waals surface area contributed by atoms with Gasteiger partial charge in [-0.1, -0.05) is 12.1 Å². The average Bonchev–Trinajstić information content (AvgIpc) is 3.14. The van der Waals surface area contributed by atoms with E-state index in [4.69, 9.17) is 9.51 Å². The van der Waals surface area contributed by atoms with Gasteiger partial charge in [0.05, 0.1) is 12.0 Å². The fourth-order valence-corrected chi connectivity index (χ4v) is 5.40. The summed E-state index contributed by atoms with van der Waals surface area (Å²) in [6, 6.07) is 0.777. The monoisotopic (exact) mass is 328 g/mol. The van der Waals surface area contributed by atoms with Gasteiger partial charge in [0.15, 0.2) is 5.82 Å². The van der Waals surface area contributed by atoms with Crippen LogP contribution < -0.4 is 5.32 Å². The Morgan fingerprint density at radius 2 is 2.24 bits per heavy atom. The molecule has 1 aromatic heterocycles. The number of rotatable bonds is 5. The van der Waals surface area contributed by atoms with Gasteiger partial charge in [0.1, 0.15) is 0 Å². The van der Waals surface area contributed by atoms with Crippen LogP contribution in [-0.2, 0) is 0 Å². The molecule has 3 heterocycles. The van der Waals surface area contributed by atoms with E-state index in [1.54, 1.807) is 0 Å². The third kappa shape index (κ3) is 3.57. The molecule has 118 valence electrons. The fourth-order valence-electron chi connectivity index (χ4n) is 2.82. The molecule has 2 aliphatic heterocycles. The van der Waals surface area contributed by atoms with Gasteiger partial charge in [0, 0.05) is 35.6 Å². The maximum absolute atomic E-state index is 5.61. The minimum Gasteiger partial charge on any atom is -0.339 e. The van der Waals surface area contributed by atoms with Gasteiger partial charge < -0.3 is 9.84 Å². The van der Waals surface area contributed by atoms with Gasteiger partial charge in [0.25, 0.3) is 0 Å². The van der Waals surface area contributed by atoms with Crippen LogP contribution in [0, 0.1) is 0 Å². The highest BCUT2D eigenvalue weighted by Crippen LogP contribution is 2.33. The van der Waals surface area contributed by atoms with Crippen molar-refractivity contribution in [1.29, 1.82) is 0 Å². The second-order valence-corrected chi connectivity index (χ2v) is 7.99. The lowest BCUT2D eigenvalue weighted by atomic mass is 10.0. The zero-order valence-corrected chi connectivity index (χ0v) is 14.4. The molecule has 0 aliphatic carbocycles. The Morgan fingerprint density at radius 1 is 1.33 bits per heavy atom. The summed E-state index contributed by atoms with van der Waals surface area (Å²) >= 11 is 3.95. The van der Waals surface area contributed by atoms with Crippen molar-refractivity contribution >= 4 is 23.5 Å². The van der Waals surface area contributed by atoms with E-state index in [-0.39, 0.29) is 0 Å². The summed E-state index contributed by atoms with van der Waals surface area (Å²) in [5.41, 5.74) is 0. The zero-order chi connectivity index (χ0) is 14.7. The summed E-state index contributed by atoms with van der Waals surface area (Å²) < 4.78 is 5.61. The predicted octanol–water partition coefficient (Wildman–Crippen LogP) is 1.99. The van der Waals surface area contributed by atoms with Crippen molar-refractivity contribution in [1.82, 2.24) is 20.4 Å². The van der Waals surface area contributed by atoms with Gasteiger partial charge >= 0.3 is 0 Å². The molecule has 0 amide bonds. The van der Waals surface area contributed by atoms with Gasteiger partial charge in [-0.2, -0.15) is 28.5 Å². The van der Waals surface area contributed by atoms with Crippen molar-refractivity contribution in [2.24, 2.45) is 0 Å². The number of nitrogens with zero attached hydrogens (tertiary/aromatic N) is 3. The molecule has 5 nitrogen and oxygen atoms in total. The standard InChI is InChI=1S/C14H24N4OS2/c1-3-4-15-11-8-21-7-10(11)14-16-13(17-19-14)12-9-20-6-5-18(12)2/h10-12,15H,3-9H2,1-2H3. The molecule has 7 heteroatoms. The van der Waals surface area contributed by atoms with Crippen LogP contribution in [0.15, 0.2) is 4.52 Å².